The van der Waals surface area contributed by atoms with Crippen LogP contribution in [0.3, 0.4) is 0 Å². The molecule has 0 bridgehead atoms. The van der Waals surface area contributed by atoms with Gasteiger partial charge in [-0.25, -0.2) is 0 Å². The molecule has 0 saturated heterocycles. The summed E-state index contributed by atoms with van der Waals surface area (Å²) in [5.74, 6) is 0. The van der Waals surface area contributed by atoms with E-state index in [0.29, 0.717) is 6.90 Å². The Morgan fingerprint density at radius 3 is 1.13 bits per heavy atom. The number of hydrogen-bond donors (Lipinski definition) is 0. The summed E-state index contributed by atoms with van der Waals surface area (Å²) < 4.78 is 24.3. The highest BCUT2D eigenvalue weighted by molar-refractivity contribution is 6.84. The molecule has 0 N–H and O–H groups in total. The summed E-state index contributed by atoms with van der Waals surface area (Å²) >= 11 is 0. The summed E-state index contributed by atoms with van der Waals surface area (Å²) in [6, 6.07) is 1.35. The summed E-state index contributed by atoms with van der Waals surface area (Å²) in [5.41, 5.74) is 0. The molecule has 0 saturated carbocycles. The fourth-order valence-electron chi connectivity index (χ4n) is 4.80. The highest BCUT2D eigenvalue weighted by Crippen LogP contribution is 2.21. The second kappa shape index (κ2) is 39.5. The highest BCUT2D eigenvalue weighted by Gasteiger charge is 2.28. The van der Waals surface area contributed by atoms with Crippen LogP contribution in [0.2, 0.25) is 84.6 Å². The first kappa shape index (κ1) is 57.1. The third kappa shape index (κ3) is 73.2. The quantitative estimate of drug-likeness (QED) is 0.0590. The van der Waals surface area contributed by atoms with Gasteiger partial charge in [-0.2, -0.15) is 0 Å². The molecular formula is C39H98O3Si5. The van der Waals surface area contributed by atoms with E-state index in [-0.39, 0.29) is 7.43 Å². The molecule has 0 heterocycles. The molecule has 0 amide bonds. The van der Waals surface area contributed by atoms with Crippen LogP contribution in [0.25, 0.3) is 0 Å². The zero-order valence-electron chi connectivity index (χ0n) is 36.5. The minimum absolute atomic E-state index is 0. The van der Waals surface area contributed by atoms with Gasteiger partial charge in [-0.1, -0.05) is 151 Å². The van der Waals surface area contributed by atoms with E-state index in [1.807, 2.05) is 6.08 Å². The molecule has 0 aromatic heterocycles. The van der Waals surface area contributed by atoms with E-state index in [1.54, 1.807) is 6.92 Å². The SMILES string of the molecule is C.C=CCCCCCC.CCCCCCCC.CCCCCCCC[Si](C)(C)O[Si](C)(C)C.C[SiH](O[Si](C)(C)C)O[Si](C)(C)C.[2H]CC. The fraction of sp³-hybridized carbons (Fsp3) is 0.949. The van der Waals surface area contributed by atoms with Crippen LogP contribution in [0.15, 0.2) is 12.7 Å². The van der Waals surface area contributed by atoms with Crippen LogP contribution in [-0.4, -0.2) is 42.6 Å². The minimum atomic E-state index is -1.36. The summed E-state index contributed by atoms with van der Waals surface area (Å²) in [5, 5.41) is 0. The van der Waals surface area contributed by atoms with Crippen LogP contribution in [0, 0.1) is 0 Å². The first-order chi connectivity index (χ1) is 21.6. The lowest BCUT2D eigenvalue weighted by atomic mass is 10.1. The maximum atomic E-state index is 6.33. The van der Waals surface area contributed by atoms with Gasteiger partial charge in [0, 0.05) is 1.37 Å². The van der Waals surface area contributed by atoms with Crippen molar-refractivity contribution in [3.63, 3.8) is 0 Å². The van der Waals surface area contributed by atoms with Crippen molar-refractivity contribution in [1.29, 1.82) is 0 Å². The molecule has 0 spiro atoms. The lowest BCUT2D eigenvalue weighted by molar-refractivity contribution is 0.428. The number of rotatable bonds is 23. The van der Waals surface area contributed by atoms with Crippen molar-refractivity contribution in [2.45, 2.75) is 243 Å². The molecule has 0 radical (unpaired) electrons. The van der Waals surface area contributed by atoms with Crippen molar-refractivity contribution < 1.29 is 13.7 Å². The Hall–Kier alpha value is 0.704. The van der Waals surface area contributed by atoms with E-state index in [1.165, 1.54) is 115 Å². The van der Waals surface area contributed by atoms with Gasteiger partial charge in [0.2, 0.25) is 0 Å². The van der Waals surface area contributed by atoms with Crippen molar-refractivity contribution in [2.75, 3.05) is 0 Å². The van der Waals surface area contributed by atoms with E-state index in [2.05, 4.69) is 113 Å². The van der Waals surface area contributed by atoms with Crippen molar-refractivity contribution in [3.05, 3.63) is 12.7 Å². The van der Waals surface area contributed by atoms with Gasteiger partial charge in [0.05, 0.1) is 0 Å². The first-order valence-electron chi connectivity index (χ1n) is 20.3. The smallest absolute Gasteiger partial charge is 0.297 e. The molecule has 0 atom stereocenters. The summed E-state index contributed by atoms with van der Waals surface area (Å²) in [6.07, 6.45) is 25.5. The monoisotopic (exact) mass is 756 g/mol. The largest absolute Gasteiger partial charge is 0.456 e. The molecule has 0 aliphatic carbocycles. The second-order valence-corrected chi connectivity index (χ2v) is 36.6. The van der Waals surface area contributed by atoms with Crippen molar-refractivity contribution in [1.82, 2.24) is 0 Å². The third-order valence-electron chi connectivity index (χ3n) is 6.47. The number of hydrogen-bond acceptors (Lipinski definition) is 3. The van der Waals surface area contributed by atoms with Gasteiger partial charge in [-0.05, 0) is 97.4 Å². The molecule has 0 rings (SSSR count). The maximum absolute atomic E-state index is 6.33. The molecule has 0 unspecified atom stereocenters. The molecule has 3 nitrogen and oxygen atoms in total. The van der Waals surface area contributed by atoms with E-state index < -0.39 is 42.6 Å². The Labute approximate surface area is 310 Å². The van der Waals surface area contributed by atoms with Crippen LogP contribution in [0.5, 0.6) is 0 Å². The van der Waals surface area contributed by atoms with Gasteiger partial charge in [-0.15, -0.1) is 6.58 Å². The molecule has 0 aliphatic heterocycles. The van der Waals surface area contributed by atoms with Crippen LogP contribution < -0.4 is 0 Å². The zero-order valence-corrected chi connectivity index (χ0v) is 40.7. The molecule has 292 valence electrons. The lowest BCUT2D eigenvalue weighted by Gasteiger charge is -2.31. The van der Waals surface area contributed by atoms with Gasteiger partial charge in [-0.3, -0.25) is 0 Å². The van der Waals surface area contributed by atoms with Gasteiger partial charge in [0.25, 0.3) is 9.28 Å². The number of unbranched alkanes of at least 4 members (excludes halogenated alkanes) is 14. The molecule has 47 heavy (non-hydrogen) atoms. The van der Waals surface area contributed by atoms with E-state index >= 15 is 0 Å². The van der Waals surface area contributed by atoms with Crippen molar-refractivity contribution in [3.8, 4) is 0 Å². The van der Waals surface area contributed by atoms with Crippen LogP contribution in [-0.2, 0) is 12.3 Å². The summed E-state index contributed by atoms with van der Waals surface area (Å²) in [4.78, 5) is 0. The predicted molar refractivity (Wildman–Crippen MR) is 238 cm³/mol. The van der Waals surface area contributed by atoms with Gasteiger partial charge < -0.3 is 12.3 Å². The standard InChI is InChI=1S/C13H32OSi2.C8H18.C8H16.C7H22O2Si3.C2H6.CH4/c1-7-8-9-10-11-12-13-16(5,6)14-15(2,3)4;2*1-3-5-7-8-6-4-2;1-10(8-11(2,3)4)9-12(5,6)7;1-2;/h7-13H2,1-6H3;3-8H2,1-2H3;3H,1,4-8H2,2H3;10H,1-7H3;1-2H3;1H4/i;;;;1D;. The van der Waals surface area contributed by atoms with E-state index in [9.17, 15) is 0 Å². The number of allylic oxidation sites excluding steroid dienone is 1. The molecular weight excluding hydrogens is 657 g/mol. The Bertz CT molecular complexity index is 582. The average Bonchev–Trinajstić information content (AvgIpc) is 2.89. The molecule has 8 heteroatoms. The normalized spacial score (nSPS) is 11.7. The second-order valence-electron chi connectivity index (χ2n) is 16.1. The van der Waals surface area contributed by atoms with Crippen molar-refractivity contribution in [2.24, 2.45) is 0 Å². The van der Waals surface area contributed by atoms with Crippen LogP contribution >= 0.6 is 0 Å². The summed E-state index contributed by atoms with van der Waals surface area (Å²) in [7, 11) is -6.71. The Morgan fingerprint density at radius 2 is 0.851 bits per heavy atom. The third-order valence-corrected chi connectivity index (χ3v) is 21.0. The average molecular weight is 757 g/mol. The Balaban J connectivity index is -0.000000123. The Kier molecular flexibility index (Phi) is 47.9. The molecule has 0 aliphatic rings. The van der Waals surface area contributed by atoms with E-state index in [4.69, 9.17) is 13.7 Å². The highest BCUT2D eigenvalue weighted by atomic mass is 28.4. The topological polar surface area (TPSA) is 27.7 Å². The zero-order chi connectivity index (χ0) is 37.8. The summed E-state index contributed by atoms with van der Waals surface area (Å²) in [6.45, 7) is 42.1. The van der Waals surface area contributed by atoms with Gasteiger partial charge >= 0.3 is 0 Å². The molecule has 0 fully saturated rings. The van der Waals surface area contributed by atoms with Crippen LogP contribution in [0.4, 0.5) is 0 Å². The first-order valence-corrected chi connectivity index (χ1v) is 35.0. The van der Waals surface area contributed by atoms with Crippen LogP contribution in [0.1, 0.15) is 159 Å². The van der Waals surface area contributed by atoms with Gasteiger partial charge in [0.1, 0.15) is 0 Å². The van der Waals surface area contributed by atoms with E-state index in [0.717, 1.165) is 0 Å². The van der Waals surface area contributed by atoms with Gasteiger partial charge in [0.15, 0.2) is 33.3 Å². The van der Waals surface area contributed by atoms with Crippen molar-refractivity contribution >= 4 is 42.6 Å². The molecule has 0 aromatic carbocycles. The maximum Gasteiger partial charge on any atom is 0.297 e. The fourth-order valence-corrected chi connectivity index (χ4v) is 21.5. The lowest BCUT2D eigenvalue weighted by Crippen LogP contribution is -2.42. The predicted octanol–water partition coefficient (Wildman–Crippen LogP) is 16.1. The minimum Gasteiger partial charge on any atom is -0.456 e. The molecule has 0 aromatic rings. The Morgan fingerprint density at radius 1 is 0.553 bits per heavy atom.